The summed E-state index contributed by atoms with van der Waals surface area (Å²) >= 11 is 1.86. The van der Waals surface area contributed by atoms with E-state index in [1.54, 1.807) is 12.4 Å². The lowest BCUT2D eigenvalue weighted by Gasteiger charge is -2.11. The van der Waals surface area contributed by atoms with E-state index < -0.39 is 0 Å². The van der Waals surface area contributed by atoms with Crippen LogP contribution in [0, 0.1) is 0 Å². The molecular formula is C9H15N3S. The molecule has 0 aliphatic rings. The summed E-state index contributed by atoms with van der Waals surface area (Å²) in [6.07, 6.45) is 6.75. The van der Waals surface area contributed by atoms with Gasteiger partial charge in [-0.2, -0.15) is 11.8 Å². The lowest BCUT2D eigenvalue weighted by atomic mass is 10.3. The Labute approximate surface area is 83.4 Å². The molecule has 13 heavy (non-hydrogen) atoms. The first-order valence-corrected chi connectivity index (χ1v) is 5.75. The van der Waals surface area contributed by atoms with Gasteiger partial charge in [-0.05, 0) is 31.4 Å². The van der Waals surface area contributed by atoms with Crippen molar-refractivity contribution in [3.05, 3.63) is 18.5 Å². The van der Waals surface area contributed by atoms with E-state index >= 15 is 0 Å². The van der Waals surface area contributed by atoms with Crippen molar-refractivity contribution in [3.63, 3.8) is 0 Å². The van der Waals surface area contributed by atoms with Crippen LogP contribution in [0.2, 0.25) is 0 Å². The molecule has 0 saturated carbocycles. The molecule has 1 aromatic rings. The molecule has 1 unspecified atom stereocenters. The first kappa shape index (κ1) is 10.3. The molecule has 1 rings (SSSR count). The normalized spacial score (nSPS) is 12.5. The number of hydrogen-bond acceptors (Lipinski definition) is 4. The molecule has 0 aliphatic heterocycles. The van der Waals surface area contributed by atoms with Gasteiger partial charge in [0.15, 0.2) is 0 Å². The molecule has 0 spiro atoms. The summed E-state index contributed by atoms with van der Waals surface area (Å²) in [6.45, 7) is 2.15. The van der Waals surface area contributed by atoms with Crippen LogP contribution in [0.1, 0.15) is 13.3 Å². The summed E-state index contributed by atoms with van der Waals surface area (Å²) in [7, 11) is 0. The summed E-state index contributed by atoms with van der Waals surface area (Å²) in [5.41, 5.74) is 0. The van der Waals surface area contributed by atoms with Crippen LogP contribution in [0.3, 0.4) is 0 Å². The molecule has 1 atom stereocenters. The van der Waals surface area contributed by atoms with Crippen molar-refractivity contribution in [2.24, 2.45) is 0 Å². The predicted octanol–water partition coefficient (Wildman–Crippen LogP) is 2.03. The average Bonchev–Trinajstić information content (AvgIpc) is 2.16. The third-order valence-electron chi connectivity index (χ3n) is 1.70. The van der Waals surface area contributed by atoms with Gasteiger partial charge in [0.05, 0.1) is 0 Å². The number of hydrogen-bond donors (Lipinski definition) is 1. The van der Waals surface area contributed by atoms with Gasteiger partial charge in [0.25, 0.3) is 0 Å². The Morgan fingerprint density at radius 1 is 1.46 bits per heavy atom. The summed E-state index contributed by atoms with van der Waals surface area (Å²) in [4.78, 5) is 8.20. The van der Waals surface area contributed by atoms with Crippen LogP contribution < -0.4 is 5.32 Å². The fourth-order valence-corrected chi connectivity index (χ4v) is 1.55. The van der Waals surface area contributed by atoms with Gasteiger partial charge in [-0.25, -0.2) is 9.97 Å². The standard InChI is InChI=1S/C9H15N3S/c1-8(4-7-13-2)12-9-10-5-3-6-11-9/h3,5-6,8H,4,7H2,1-2H3,(H,10,11,12). The molecule has 3 nitrogen and oxygen atoms in total. The molecule has 0 radical (unpaired) electrons. The molecule has 1 aromatic heterocycles. The van der Waals surface area contributed by atoms with Crippen molar-refractivity contribution >= 4 is 17.7 Å². The number of nitrogens with zero attached hydrogens (tertiary/aromatic N) is 2. The van der Waals surface area contributed by atoms with Gasteiger partial charge < -0.3 is 5.32 Å². The van der Waals surface area contributed by atoms with E-state index in [2.05, 4.69) is 28.5 Å². The minimum atomic E-state index is 0.440. The van der Waals surface area contributed by atoms with Crippen molar-refractivity contribution in [3.8, 4) is 0 Å². The Bertz CT molecular complexity index is 228. The van der Waals surface area contributed by atoms with Crippen molar-refractivity contribution in [1.29, 1.82) is 0 Å². The highest BCUT2D eigenvalue weighted by atomic mass is 32.2. The van der Waals surface area contributed by atoms with E-state index in [1.807, 2.05) is 17.8 Å². The van der Waals surface area contributed by atoms with Crippen LogP contribution in [0.4, 0.5) is 5.95 Å². The molecular weight excluding hydrogens is 182 g/mol. The van der Waals surface area contributed by atoms with E-state index in [1.165, 1.54) is 5.75 Å². The van der Waals surface area contributed by atoms with E-state index in [-0.39, 0.29) is 0 Å². The molecule has 0 aliphatic carbocycles. The second-order valence-electron chi connectivity index (χ2n) is 2.90. The van der Waals surface area contributed by atoms with E-state index in [0.717, 1.165) is 12.4 Å². The first-order valence-electron chi connectivity index (χ1n) is 4.35. The summed E-state index contributed by atoms with van der Waals surface area (Å²) in [5.74, 6) is 1.89. The van der Waals surface area contributed by atoms with E-state index in [0.29, 0.717) is 6.04 Å². The van der Waals surface area contributed by atoms with Crippen molar-refractivity contribution in [2.45, 2.75) is 19.4 Å². The zero-order valence-corrected chi connectivity index (χ0v) is 8.84. The number of nitrogens with one attached hydrogen (secondary N) is 1. The quantitative estimate of drug-likeness (QED) is 0.783. The molecule has 1 heterocycles. The molecule has 1 N–H and O–H groups in total. The van der Waals surface area contributed by atoms with Gasteiger partial charge in [-0.15, -0.1) is 0 Å². The van der Waals surface area contributed by atoms with Crippen LogP contribution in [0.25, 0.3) is 0 Å². The number of thioether (sulfide) groups is 1. The predicted molar refractivity (Wildman–Crippen MR) is 58.1 cm³/mol. The van der Waals surface area contributed by atoms with Gasteiger partial charge in [0.1, 0.15) is 0 Å². The van der Waals surface area contributed by atoms with Gasteiger partial charge in [0, 0.05) is 18.4 Å². The van der Waals surface area contributed by atoms with Crippen LogP contribution in [-0.4, -0.2) is 28.0 Å². The Morgan fingerprint density at radius 3 is 2.77 bits per heavy atom. The number of rotatable bonds is 5. The highest BCUT2D eigenvalue weighted by molar-refractivity contribution is 7.98. The topological polar surface area (TPSA) is 37.8 Å². The number of anilines is 1. The Balaban J connectivity index is 2.32. The van der Waals surface area contributed by atoms with Gasteiger partial charge in [-0.1, -0.05) is 0 Å². The highest BCUT2D eigenvalue weighted by Gasteiger charge is 2.01. The molecule has 0 bridgehead atoms. The maximum absolute atomic E-state index is 4.10. The fourth-order valence-electron chi connectivity index (χ4n) is 0.961. The van der Waals surface area contributed by atoms with Crippen LogP contribution >= 0.6 is 11.8 Å². The lowest BCUT2D eigenvalue weighted by molar-refractivity contribution is 0.760. The largest absolute Gasteiger partial charge is 0.352 e. The first-order chi connectivity index (χ1) is 6.33. The Hall–Kier alpha value is -0.770. The molecule has 0 aromatic carbocycles. The van der Waals surface area contributed by atoms with Gasteiger partial charge >= 0.3 is 0 Å². The average molecular weight is 197 g/mol. The Kier molecular flexibility index (Phi) is 4.60. The summed E-state index contributed by atoms with van der Waals surface area (Å²) < 4.78 is 0. The molecule has 0 saturated heterocycles. The number of aromatic nitrogens is 2. The molecule has 72 valence electrons. The summed E-state index contributed by atoms with van der Waals surface area (Å²) in [6, 6.07) is 2.26. The second-order valence-corrected chi connectivity index (χ2v) is 3.88. The maximum Gasteiger partial charge on any atom is 0.222 e. The lowest BCUT2D eigenvalue weighted by Crippen LogP contribution is -2.17. The molecule has 4 heteroatoms. The zero-order chi connectivity index (χ0) is 9.52. The maximum atomic E-state index is 4.10. The van der Waals surface area contributed by atoms with Crippen LogP contribution in [0.5, 0.6) is 0 Å². The zero-order valence-electron chi connectivity index (χ0n) is 8.03. The molecule has 0 fully saturated rings. The summed E-state index contributed by atoms with van der Waals surface area (Å²) in [5, 5.41) is 3.24. The minimum absolute atomic E-state index is 0.440. The van der Waals surface area contributed by atoms with Crippen molar-refractivity contribution in [2.75, 3.05) is 17.3 Å². The van der Waals surface area contributed by atoms with Crippen LogP contribution in [-0.2, 0) is 0 Å². The highest BCUT2D eigenvalue weighted by Crippen LogP contribution is 2.04. The van der Waals surface area contributed by atoms with Gasteiger partial charge in [0.2, 0.25) is 5.95 Å². The fraction of sp³-hybridized carbons (Fsp3) is 0.556. The second kappa shape index (κ2) is 5.80. The SMILES string of the molecule is CSCCC(C)Nc1ncccn1. The molecule has 0 amide bonds. The van der Waals surface area contributed by atoms with Crippen molar-refractivity contribution < 1.29 is 0 Å². The van der Waals surface area contributed by atoms with E-state index in [9.17, 15) is 0 Å². The van der Waals surface area contributed by atoms with E-state index in [4.69, 9.17) is 0 Å². The monoisotopic (exact) mass is 197 g/mol. The third-order valence-corrected chi connectivity index (χ3v) is 2.34. The Morgan fingerprint density at radius 2 is 2.15 bits per heavy atom. The van der Waals surface area contributed by atoms with Crippen molar-refractivity contribution in [1.82, 2.24) is 9.97 Å². The van der Waals surface area contributed by atoms with Crippen LogP contribution in [0.15, 0.2) is 18.5 Å². The third kappa shape index (κ3) is 4.12. The van der Waals surface area contributed by atoms with Gasteiger partial charge in [-0.3, -0.25) is 0 Å². The smallest absolute Gasteiger partial charge is 0.222 e. The minimum Gasteiger partial charge on any atom is -0.352 e.